The van der Waals surface area contributed by atoms with Gasteiger partial charge in [-0.25, -0.2) is 13.1 Å². The lowest BCUT2D eigenvalue weighted by molar-refractivity contribution is 0.498. The highest BCUT2D eigenvalue weighted by molar-refractivity contribution is 7.89. The maximum atomic E-state index is 12.2. The van der Waals surface area contributed by atoms with Crippen LogP contribution in [0.5, 0.6) is 0 Å². The molecule has 2 N–H and O–H groups in total. The summed E-state index contributed by atoms with van der Waals surface area (Å²) in [4.78, 5) is 0.138. The molecule has 114 valence electrons. The molecule has 0 aliphatic rings. The van der Waals surface area contributed by atoms with E-state index in [1.807, 2.05) is 6.92 Å². The molecular formula is C14H17ClN2O3S. The summed E-state index contributed by atoms with van der Waals surface area (Å²) in [7, 11) is -3.61. The molecule has 0 bridgehead atoms. The Kier molecular flexibility index (Phi) is 5.41. The number of hydrogen-bond donors (Lipinski definition) is 2. The maximum absolute atomic E-state index is 12.2. The van der Waals surface area contributed by atoms with Gasteiger partial charge in [0.2, 0.25) is 10.0 Å². The number of rotatable bonds is 7. The van der Waals surface area contributed by atoms with Crippen LogP contribution < -0.4 is 10.0 Å². The van der Waals surface area contributed by atoms with Crippen molar-refractivity contribution in [3.63, 3.8) is 0 Å². The lowest BCUT2D eigenvalue weighted by Gasteiger charge is -2.09. The molecule has 0 spiro atoms. The Balaban J connectivity index is 2.10. The van der Waals surface area contributed by atoms with Gasteiger partial charge in [-0.3, -0.25) is 0 Å². The van der Waals surface area contributed by atoms with Gasteiger partial charge in [-0.1, -0.05) is 24.6 Å². The standard InChI is InChI=1S/C14H17ClN2O3S/c1-2-16-9-11-5-6-13(8-14(11)15)21(18,19)17-10-12-4-3-7-20-12/h3-8,16-17H,2,9-10H2,1H3. The zero-order valence-corrected chi connectivity index (χ0v) is 13.2. The van der Waals surface area contributed by atoms with Crippen LogP contribution in [0.15, 0.2) is 45.9 Å². The zero-order chi connectivity index (χ0) is 15.3. The van der Waals surface area contributed by atoms with Crippen LogP contribution in [0.2, 0.25) is 5.02 Å². The van der Waals surface area contributed by atoms with Gasteiger partial charge in [0.25, 0.3) is 0 Å². The van der Waals surface area contributed by atoms with Crippen LogP contribution in [-0.4, -0.2) is 15.0 Å². The molecule has 2 rings (SSSR count). The molecule has 7 heteroatoms. The molecule has 0 amide bonds. The molecule has 0 unspecified atom stereocenters. The van der Waals surface area contributed by atoms with Crippen molar-refractivity contribution in [2.24, 2.45) is 0 Å². The summed E-state index contributed by atoms with van der Waals surface area (Å²) >= 11 is 6.12. The first-order valence-electron chi connectivity index (χ1n) is 6.54. The van der Waals surface area contributed by atoms with E-state index < -0.39 is 10.0 Å². The van der Waals surface area contributed by atoms with Crippen LogP contribution in [0, 0.1) is 0 Å². The summed E-state index contributed by atoms with van der Waals surface area (Å²) in [5, 5.41) is 3.57. The van der Waals surface area contributed by atoms with Crippen LogP contribution in [0.25, 0.3) is 0 Å². The topological polar surface area (TPSA) is 71.3 Å². The normalized spacial score (nSPS) is 11.7. The fourth-order valence-corrected chi connectivity index (χ4v) is 3.09. The second kappa shape index (κ2) is 7.09. The number of sulfonamides is 1. The van der Waals surface area contributed by atoms with E-state index in [0.29, 0.717) is 17.3 Å². The fourth-order valence-electron chi connectivity index (χ4n) is 1.76. The van der Waals surface area contributed by atoms with E-state index in [9.17, 15) is 8.42 Å². The SMILES string of the molecule is CCNCc1ccc(S(=O)(=O)NCc2ccco2)cc1Cl. The highest BCUT2D eigenvalue weighted by atomic mass is 35.5. The molecule has 1 aromatic heterocycles. The van der Waals surface area contributed by atoms with Crippen LogP contribution in [0.4, 0.5) is 0 Å². The average molecular weight is 329 g/mol. The van der Waals surface area contributed by atoms with E-state index >= 15 is 0 Å². The molecule has 1 heterocycles. The molecule has 21 heavy (non-hydrogen) atoms. The Bertz CT molecular complexity index is 684. The molecule has 0 aliphatic heterocycles. The number of hydrogen-bond acceptors (Lipinski definition) is 4. The Morgan fingerprint density at radius 3 is 2.67 bits per heavy atom. The quantitative estimate of drug-likeness (QED) is 0.819. The van der Waals surface area contributed by atoms with Gasteiger partial charge in [0.05, 0.1) is 17.7 Å². The second-order valence-corrected chi connectivity index (χ2v) is 6.61. The minimum atomic E-state index is -3.61. The van der Waals surface area contributed by atoms with E-state index in [2.05, 4.69) is 10.0 Å². The zero-order valence-electron chi connectivity index (χ0n) is 11.6. The monoisotopic (exact) mass is 328 g/mol. The smallest absolute Gasteiger partial charge is 0.241 e. The molecule has 0 radical (unpaired) electrons. The van der Waals surface area contributed by atoms with Gasteiger partial charge in [-0.2, -0.15) is 0 Å². The van der Waals surface area contributed by atoms with Gasteiger partial charge in [-0.05, 0) is 36.4 Å². The van der Waals surface area contributed by atoms with E-state index in [0.717, 1.165) is 12.1 Å². The second-order valence-electron chi connectivity index (χ2n) is 4.44. The van der Waals surface area contributed by atoms with Gasteiger partial charge in [-0.15, -0.1) is 0 Å². The summed E-state index contributed by atoms with van der Waals surface area (Å²) in [6.45, 7) is 3.52. The third kappa shape index (κ3) is 4.31. The van der Waals surface area contributed by atoms with Gasteiger partial charge in [0, 0.05) is 11.6 Å². The average Bonchev–Trinajstić information content (AvgIpc) is 2.97. The number of halogens is 1. The van der Waals surface area contributed by atoms with Crippen molar-refractivity contribution < 1.29 is 12.8 Å². The van der Waals surface area contributed by atoms with Gasteiger partial charge in [0.15, 0.2) is 0 Å². The summed E-state index contributed by atoms with van der Waals surface area (Å²) in [6, 6.07) is 8.12. The Morgan fingerprint density at radius 1 is 1.24 bits per heavy atom. The highest BCUT2D eigenvalue weighted by Crippen LogP contribution is 2.21. The van der Waals surface area contributed by atoms with Crippen LogP contribution in [0.3, 0.4) is 0 Å². The Morgan fingerprint density at radius 2 is 2.05 bits per heavy atom. The van der Waals surface area contributed by atoms with E-state index in [-0.39, 0.29) is 11.4 Å². The first-order valence-corrected chi connectivity index (χ1v) is 8.40. The lowest BCUT2D eigenvalue weighted by Crippen LogP contribution is -2.23. The molecule has 0 aliphatic carbocycles. The summed E-state index contributed by atoms with van der Waals surface area (Å²) in [6.07, 6.45) is 1.50. The third-order valence-corrected chi connectivity index (χ3v) is 4.67. The van der Waals surface area contributed by atoms with Crippen molar-refractivity contribution in [2.45, 2.75) is 24.9 Å². The van der Waals surface area contributed by atoms with E-state index in [1.54, 1.807) is 24.3 Å². The van der Waals surface area contributed by atoms with Crippen molar-refractivity contribution in [1.29, 1.82) is 0 Å². The minimum absolute atomic E-state index is 0.103. The summed E-state index contributed by atoms with van der Waals surface area (Å²) in [5.41, 5.74) is 0.864. The molecule has 0 fully saturated rings. The predicted molar refractivity (Wildman–Crippen MR) is 81.6 cm³/mol. The first kappa shape index (κ1) is 16.0. The van der Waals surface area contributed by atoms with Crippen molar-refractivity contribution in [1.82, 2.24) is 10.0 Å². The maximum Gasteiger partial charge on any atom is 0.241 e. The fraction of sp³-hybridized carbons (Fsp3) is 0.286. The number of furan rings is 1. The van der Waals surface area contributed by atoms with Crippen molar-refractivity contribution in [3.05, 3.63) is 52.9 Å². The Labute approximate surface area is 129 Å². The van der Waals surface area contributed by atoms with Gasteiger partial charge in [0.1, 0.15) is 5.76 Å². The summed E-state index contributed by atoms with van der Waals surface area (Å²) < 4.78 is 31.9. The van der Waals surface area contributed by atoms with E-state index in [1.165, 1.54) is 12.3 Å². The van der Waals surface area contributed by atoms with Crippen molar-refractivity contribution in [3.8, 4) is 0 Å². The minimum Gasteiger partial charge on any atom is -0.468 e. The largest absolute Gasteiger partial charge is 0.468 e. The summed E-state index contributed by atoms with van der Waals surface area (Å²) in [5.74, 6) is 0.549. The highest BCUT2D eigenvalue weighted by Gasteiger charge is 2.16. The van der Waals surface area contributed by atoms with E-state index in [4.69, 9.17) is 16.0 Å². The van der Waals surface area contributed by atoms with Crippen LogP contribution in [-0.2, 0) is 23.1 Å². The lowest BCUT2D eigenvalue weighted by atomic mass is 10.2. The van der Waals surface area contributed by atoms with Gasteiger partial charge >= 0.3 is 0 Å². The molecule has 2 aromatic rings. The van der Waals surface area contributed by atoms with Crippen LogP contribution >= 0.6 is 11.6 Å². The first-order chi connectivity index (χ1) is 10.0. The Hall–Kier alpha value is -1.34. The third-order valence-electron chi connectivity index (χ3n) is 2.92. The molecular weight excluding hydrogens is 312 g/mol. The van der Waals surface area contributed by atoms with Gasteiger partial charge < -0.3 is 9.73 Å². The van der Waals surface area contributed by atoms with Crippen LogP contribution in [0.1, 0.15) is 18.2 Å². The predicted octanol–water partition coefficient (Wildman–Crippen LogP) is 2.52. The number of benzene rings is 1. The van der Waals surface area contributed by atoms with Crippen molar-refractivity contribution >= 4 is 21.6 Å². The molecule has 0 saturated heterocycles. The molecule has 0 saturated carbocycles. The molecule has 0 atom stereocenters. The molecule has 1 aromatic carbocycles. The van der Waals surface area contributed by atoms with Crippen molar-refractivity contribution in [2.75, 3.05) is 6.54 Å². The molecule has 5 nitrogen and oxygen atoms in total. The number of nitrogens with one attached hydrogen (secondary N) is 2.